The van der Waals surface area contributed by atoms with Crippen LogP contribution in [0, 0.1) is 6.92 Å². The van der Waals surface area contributed by atoms with Crippen LogP contribution in [0.1, 0.15) is 30.5 Å². The summed E-state index contributed by atoms with van der Waals surface area (Å²) in [4.78, 5) is 10.6. The summed E-state index contributed by atoms with van der Waals surface area (Å²) in [7, 11) is 0. The maximum Gasteiger partial charge on any atom is 0.320 e. The minimum atomic E-state index is -1.02. The third-order valence-corrected chi connectivity index (χ3v) is 2.32. The number of alkyl halides is 1. The van der Waals surface area contributed by atoms with Crippen LogP contribution in [-0.4, -0.2) is 17.1 Å². The highest BCUT2D eigenvalue weighted by Gasteiger charge is 2.13. The average Bonchev–Trinajstić information content (AvgIpc) is 2.34. The van der Waals surface area contributed by atoms with E-state index in [2.05, 4.69) is 0 Å². The van der Waals surface area contributed by atoms with E-state index in [1.165, 1.54) is 0 Å². The molecule has 1 aromatic carbocycles. The van der Waals surface area contributed by atoms with Crippen molar-refractivity contribution in [3.63, 3.8) is 0 Å². The number of carboxylic acids is 1. The first kappa shape index (κ1) is 15.6. The highest BCUT2D eigenvalue weighted by atomic mass is 19.1. The standard InChI is InChI=1S/C11H14FNO2.C2H6/c1-7-4-8(6-12)2-3-9(7)5-10(13)11(14)15;1-2/h2-4,10H,5-6,13H2,1H3,(H,14,15);1-2H3. The first-order valence-electron chi connectivity index (χ1n) is 5.67. The average molecular weight is 241 g/mol. The van der Waals surface area contributed by atoms with E-state index in [0.717, 1.165) is 11.1 Å². The van der Waals surface area contributed by atoms with Crippen LogP contribution in [0.3, 0.4) is 0 Å². The Bertz CT molecular complexity index is 366. The molecule has 0 fully saturated rings. The lowest BCUT2D eigenvalue weighted by molar-refractivity contribution is -0.138. The van der Waals surface area contributed by atoms with Crippen molar-refractivity contribution < 1.29 is 14.3 Å². The predicted molar refractivity (Wildman–Crippen MR) is 66.7 cm³/mol. The zero-order chi connectivity index (χ0) is 13.4. The van der Waals surface area contributed by atoms with E-state index < -0.39 is 18.7 Å². The molecular formula is C13H20FNO2. The van der Waals surface area contributed by atoms with Gasteiger partial charge in [-0.2, -0.15) is 0 Å². The molecule has 0 heterocycles. The van der Waals surface area contributed by atoms with Crippen LogP contribution < -0.4 is 5.73 Å². The molecule has 17 heavy (non-hydrogen) atoms. The number of benzene rings is 1. The summed E-state index contributed by atoms with van der Waals surface area (Å²) in [5.74, 6) is -1.02. The largest absolute Gasteiger partial charge is 0.480 e. The van der Waals surface area contributed by atoms with Crippen molar-refractivity contribution in [1.82, 2.24) is 0 Å². The fourth-order valence-electron chi connectivity index (χ4n) is 1.39. The maximum atomic E-state index is 12.3. The lowest BCUT2D eigenvalue weighted by Gasteiger charge is -2.10. The molecule has 3 N–H and O–H groups in total. The number of aryl methyl sites for hydroxylation is 1. The number of hydrogen-bond acceptors (Lipinski definition) is 2. The fraction of sp³-hybridized carbons (Fsp3) is 0.462. The normalized spacial score (nSPS) is 11.4. The van der Waals surface area contributed by atoms with E-state index in [1.807, 2.05) is 20.8 Å². The topological polar surface area (TPSA) is 63.3 Å². The van der Waals surface area contributed by atoms with Crippen LogP contribution in [0.2, 0.25) is 0 Å². The highest BCUT2D eigenvalue weighted by molar-refractivity contribution is 5.73. The summed E-state index contributed by atoms with van der Waals surface area (Å²) in [6.45, 7) is 5.31. The summed E-state index contributed by atoms with van der Waals surface area (Å²) >= 11 is 0. The molecule has 0 saturated heterocycles. The molecule has 96 valence electrons. The van der Waals surface area contributed by atoms with Gasteiger partial charge in [-0.1, -0.05) is 32.0 Å². The van der Waals surface area contributed by atoms with Gasteiger partial charge >= 0.3 is 5.97 Å². The molecule has 3 nitrogen and oxygen atoms in total. The molecule has 0 aliphatic rings. The Hall–Kier alpha value is -1.42. The Labute approximate surface area is 101 Å². The minimum absolute atomic E-state index is 0.272. The van der Waals surface area contributed by atoms with Crippen molar-refractivity contribution >= 4 is 5.97 Å². The third-order valence-electron chi connectivity index (χ3n) is 2.32. The summed E-state index contributed by atoms with van der Waals surface area (Å²) in [5.41, 5.74) is 7.74. The van der Waals surface area contributed by atoms with Gasteiger partial charge in [0, 0.05) is 0 Å². The Morgan fingerprint density at radius 1 is 1.47 bits per heavy atom. The van der Waals surface area contributed by atoms with Crippen molar-refractivity contribution in [3.05, 3.63) is 34.9 Å². The van der Waals surface area contributed by atoms with Gasteiger partial charge in [-0.3, -0.25) is 4.79 Å². The van der Waals surface area contributed by atoms with Gasteiger partial charge in [-0.15, -0.1) is 0 Å². The number of aliphatic carboxylic acids is 1. The number of rotatable bonds is 4. The molecule has 1 rings (SSSR count). The first-order chi connectivity index (χ1) is 8.04. The molecule has 0 aliphatic heterocycles. The van der Waals surface area contributed by atoms with Crippen molar-refractivity contribution in [1.29, 1.82) is 0 Å². The molecule has 0 aliphatic carbocycles. The second-order valence-electron chi connectivity index (χ2n) is 3.54. The van der Waals surface area contributed by atoms with Gasteiger partial charge < -0.3 is 10.8 Å². The molecule has 0 bridgehead atoms. The van der Waals surface area contributed by atoms with E-state index in [9.17, 15) is 9.18 Å². The molecule has 0 aromatic heterocycles. The number of carboxylic acid groups (broad SMARTS) is 1. The predicted octanol–water partition coefficient (Wildman–Crippen LogP) is 2.45. The zero-order valence-electron chi connectivity index (χ0n) is 10.5. The number of carbonyl (C=O) groups is 1. The van der Waals surface area contributed by atoms with Crippen molar-refractivity contribution in [2.75, 3.05) is 0 Å². The van der Waals surface area contributed by atoms with Gasteiger partial charge in [-0.05, 0) is 30.0 Å². The van der Waals surface area contributed by atoms with Crippen LogP contribution in [0.5, 0.6) is 0 Å². The van der Waals surface area contributed by atoms with Crippen LogP contribution in [0.25, 0.3) is 0 Å². The van der Waals surface area contributed by atoms with E-state index in [-0.39, 0.29) is 6.42 Å². The van der Waals surface area contributed by atoms with Crippen LogP contribution in [0.15, 0.2) is 18.2 Å². The van der Waals surface area contributed by atoms with Crippen LogP contribution >= 0.6 is 0 Å². The smallest absolute Gasteiger partial charge is 0.320 e. The second-order valence-corrected chi connectivity index (χ2v) is 3.54. The van der Waals surface area contributed by atoms with Gasteiger partial charge in [0.1, 0.15) is 12.7 Å². The van der Waals surface area contributed by atoms with Crippen molar-refractivity contribution in [3.8, 4) is 0 Å². The fourth-order valence-corrected chi connectivity index (χ4v) is 1.39. The second kappa shape index (κ2) is 7.79. The van der Waals surface area contributed by atoms with Crippen LogP contribution in [0.4, 0.5) is 4.39 Å². The van der Waals surface area contributed by atoms with Gasteiger partial charge in [-0.25, -0.2) is 4.39 Å². The summed E-state index contributed by atoms with van der Waals surface area (Å²) < 4.78 is 12.3. The number of halogens is 1. The molecule has 0 spiro atoms. The SMILES string of the molecule is CC.Cc1cc(CF)ccc1CC(N)C(=O)O. The third kappa shape index (κ3) is 4.95. The van der Waals surface area contributed by atoms with Crippen molar-refractivity contribution in [2.24, 2.45) is 5.73 Å². The summed E-state index contributed by atoms with van der Waals surface area (Å²) in [6, 6.07) is 4.19. The molecule has 0 radical (unpaired) electrons. The Morgan fingerprint density at radius 3 is 2.47 bits per heavy atom. The van der Waals surface area contributed by atoms with E-state index in [4.69, 9.17) is 10.8 Å². The van der Waals surface area contributed by atoms with E-state index in [1.54, 1.807) is 18.2 Å². The maximum absolute atomic E-state index is 12.3. The monoisotopic (exact) mass is 241 g/mol. The zero-order valence-corrected chi connectivity index (χ0v) is 10.5. The Balaban J connectivity index is 0.00000121. The van der Waals surface area contributed by atoms with Gasteiger partial charge in [0.15, 0.2) is 0 Å². The molecule has 0 saturated carbocycles. The quantitative estimate of drug-likeness (QED) is 0.851. The number of hydrogen-bond donors (Lipinski definition) is 2. The lowest BCUT2D eigenvalue weighted by Crippen LogP contribution is -2.32. The summed E-state index contributed by atoms with van der Waals surface area (Å²) in [6.07, 6.45) is 0.272. The molecule has 1 unspecified atom stereocenters. The lowest BCUT2D eigenvalue weighted by atomic mass is 9.99. The highest BCUT2D eigenvalue weighted by Crippen LogP contribution is 2.13. The van der Waals surface area contributed by atoms with Gasteiger partial charge in [0.25, 0.3) is 0 Å². The minimum Gasteiger partial charge on any atom is -0.480 e. The van der Waals surface area contributed by atoms with Gasteiger partial charge in [0.2, 0.25) is 0 Å². The first-order valence-corrected chi connectivity index (χ1v) is 5.67. The molecular weight excluding hydrogens is 221 g/mol. The molecule has 0 amide bonds. The molecule has 1 aromatic rings. The number of nitrogens with two attached hydrogens (primary N) is 1. The molecule has 4 heteroatoms. The van der Waals surface area contributed by atoms with Crippen LogP contribution in [-0.2, 0) is 17.9 Å². The van der Waals surface area contributed by atoms with Gasteiger partial charge in [0.05, 0.1) is 0 Å². The summed E-state index contributed by atoms with van der Waals surface area (Å²) in [5, 5.41) is 8.65. The Morgan fingerprint density at radius 2 is 2.06 bits per heavy atom. The van der Waals surface area contributed by atoms with E-state index >= 15 is 0 Å². The van der Waals surface area contributed by atoms with E-state index in [0.29, 0.717) is 5.56 Å². The molecule has 1 atom stereocenters. The Kier molecular flexibility index (Phi) is 7.14. The van der Waals surface area contributed by atoms with Crippen molar-refractivity contribution in [2.45, 2.75) is 39.9 Å².